The largest absolute Gasteiger partial charge is 0.409 e. The molecule has 1 aliphatic rings. The van der Waals surface area contributed by atoms with Gasteiger partial charge in [-0.1, -0.05) is 11.2 Å². The number of nitrogens with zero attached hydrogens (tertiary/aromatic N) is 3. The summed E-state index contributed by atoms with van der Waals surface area (Å²) >= 11 is 0. The van der Waals surface area contributed by atoms with Crippen molar-refractivity contribution in [3.63, 3.8) is 0 Å². The SMILES string of the molecule is ON=c1nc[nH]c2c1ccn2[C@@H]1O[C@H]([C@H](O)c2ccc(F)c(F)c2)[C@@H](O)[C@H]1O. The van der Waals surface area contributed by atoms with Crippen LogP contribution in [0.1, 0.15) is 17.9 Å². The molecule has 0 amide bonds. The highest BCUT2D eigenvalue weighted by atomic mass is 19.2. The molecule has 1 fully saturated rings. The number of aromatic nitrogens is 3. The lowest BCUT2D eigenvalue weighted by Gasteiger charge is -2.21. The van der Waals surface area contributed by atoms with Gasteiger partial charge in [0.2, 0.25) is 5.49 Å². The molecule has 3 heterocycles. The van der Waals surface area contributed by atoms with Crippen LogP contribution in [0.25, 0.3) is 11.0 Å². The number of aliphatic hydroxyl groups excluding tert-OH is 3. The first-order valence-corrected chi connectivity index (χ1v) is 8.29. The minimum atomic E-state index is -1.51. The zero-order chi connectivity index (χ0) is 20.0. The second kappa shape index (κ2) is 6.95. The van der Waals surface area contributed by atoms with Crippen LogP contribution in [0.15, 0.2) is 41.9 Å². The molecule has 5 atom stereocenters. The van der Waals surface area contributed by atoms with Crippen LogP contribution in [0.3, 0.4) is 0 Å². The first kappa shape index (κ1) is 18.5. The summed E-state index contributed by atoms with van der Waals surface area (Å²) < 4.78 is 33.7. The minimum absolute atomic E-state index is 0.00899. The van der Waals surface area contributed by atoms with E-state index in [0.717, 1.165) is 12.1 Å². The number of hydrogen-bond acceptors (Lipinski definition) is 7. The maximum atomic E-state index is 13.5. The van der Waals surface area contributed by atoms with Crippen molar-refractivity contribution in [3.05, 3.63) is 59.5 Å². The Kier molecular flexibility index (Phi) is 4.59. The molecule has 0 aliphatic carbocycles. The summed E-state index contributed by atoms with van der Waals surface area (Å²) in [6, 6.07) is 4.38. The second-order valence-corrected chi connectivity index (χ2v) is 6.40. The summed E-state index contributed by atoms with van der Waals surface area (Å²) in [4.78, 5) is 6.68. The third-order valence-electron chi connectivity index (χ3n) is 4.78. The van der Waals surface area contributed by atoms with Crippen LogP contribution < -0.4 is 5.49 Å². The molecule has 148 valence electrons. The summed E-state index contributed by atoms with van der Waals surface area (Å²) in [5, 5.41) is 43.8. The van der Waals surface area contributed by atoms with Crippen molar-refractivity contribution in [1.29, 1.82) is 0 Å². The van der Waals surface area contributed by atoms with Crippen molar-refractivity contribution < 1.29 is 34.0 Å². The first-order valence-electron chi connectivity index (χ1n) is 8.29. The van der Waals surface area contributed by atoms with E-state index in [0.29, 0.717) is 11.0 Å². The quantitative estimate of drug-likeness (QED) is 0.320. The van der Waals surface area contributed by atoms with Gasteiger partial charge in [0.1, 0.15) is 30.1 Å². The van der Waals surface area contributed by atoms with Crippen LogP contribution in [0.4, 0.5) is 8.78 Å². The van der Waals surface area contributed by atoms with Crippen LogP contribution in [0.2, 0.25) is 0 Å². The summed E-state index contributed by atoms with van der Waals surface area (Å²) in [6.45, 7) is 0. The molecule has 11 heteroatoms. The highest BCUT2D eigenvalue weighted by molar-refractivity contribution is 5.74. The number of halogens is 2. The molecule has 3 aromatic rings. The number of benzene rings is 1. The summed E-state index contributed by atoms with van der Waals surface area (Å²) in [5.41, 5.74) is 0.422. The number of rotatable bonds is 3. The molecule has 0 spiro atoms. The van der Waals surface area contributed by atoms with Crippen molar-refractivity contribution in [3.8, 4) is 0 Å². The van der Waals surface area contributed by atoms with Gasteiger partial charge in [0.05, 0.1) is 11.7 Å². The van der Waals surface area contributed by atoms with Crippen molar-refractivity contribution in [1.82, 2.24) is 14.5 Å². The fourth-order valence-corrected chi connectivity index (χ4v) is 3.36. The molecule has 5 N–H and O–H groups in total. The monoisotopic (exact) mass is 394 g/mol. The van der Waals surface area contributed by atoms with Crippen LogP contribution in [0, 0.1) is 11.6 Å². The van der Waals surface area contributed by atoms with E-state index in [9.17, 15) is 24.1 Å². The van der Waals surface area contributed by atoms with Crippen LogP contribution in [0.5, 0.6) is 0 Å². The zero-order valence-electron chi connectivity index (χ0n) is 14.1. The van der Waals surface area contributed by atoms with Gasteiger partial charge in [0.15, 0.2) is 17.9 Å². The van der Waals surface area contributed by atoms with Gasteiger partial charge in [-0.15, -0.1) is 0 Å². The van der Waals surface area contributed by atoms with Crippen LogP contribution in [-0.2, 0) is 4.74 Å². The predicted molar refractivity (Wildman–Crippen MR) is 88.7 cm³/mol. The van der Waals surface area contributed by atoms with Crippen molar-refractivity contribution in [2.45, 2.75) is 30.6 Å². The lowest BCUT2D eigenvalue weighted by molar-refractivity contribution is -0.0849. The standard InChI is InChI=1S/C17H16F2N4O5/c18-9-2-1-7(5-10(9)19)11(24)14-12(25)13(26)17(28-14)23-4-3-8-15(22-27)20-6-21-16(8)23/h1-6,11-14,17,24-27H,(H,20,21,22)/t11-,12+,13-,14-,17-/m1/s1. The highest BCUT2D eigenvalue weighted by Crippen LogP contribution is 2.37. The molecule has 0 saturated carbocycles. The van der Waals surface area contributed by atoms with Gasteiger partial charge in [-0.2, -0.15) is 0 Å². The summed E-state index contributed by atoms with van der Waals surface area (Å²) in [6.07, 6.45) is -4.07. The van der Waals surface area contributed by atoms with Crippen LogP contribution >= 0.6 is 0 Å². The Balaban J connectivity index is 1.67. The maximum Gasteiger partial charge on any atom is 0.203 e. The molecule has 1 aromatic carbocycles. The number of hydrogen-bond donors (Lipinski definition) is 5. The molecular weight excluding hydrogens is 378 g/mol. The predicted octanol–water partition coefficient (Wildman–Crippen LogP) is 0.285. The van der Waals surface area contributed by atoms with E-state index in [1.165, 1.54) is 23.2 Å². The third kappa shape index (κ3) is 2.85. The molecule has 2 aromatic heterocycles. The third-order valence-corrected chi connectivity index (χ3v) is 4.78. The molecule has 1 saturated heterocycles. The molecule has 9 nitrogen and oxygen atoms in total. The Hall–Kier alpha value is -2.86. The van der Waals surface area contributed by atoms with E-state index in [1.807, 2.05) is 0 Å². The maximum absolute atomic E-state index is 13.5. The first-order chi connectivity index (χ1) is 13.4. The van der Waals surface area contributed by atoms with Gasteiger partial charge in [0.25, 0.3) is 0 Å². The van der Waals surface area contributed by atoms with Crippen molar-refractivity contribution in [2.24, 2.45) is 5.16 Å². The molecular formula is C17H16F2N4O5. The number of aromatic amines is 1. The Labute approximate surface area is 155 Å². The van der Waals surface area contributed by atoms with Gasteiger partial charge >= 0.3 is 0 Å². The number of H-pyrrole nitrogens is 1. The van der Waals surface area contributed by atoms with E-state index >= 15 is 0 Å². The van der Waals surface area contributed by atoms with Crippen LogP contribution in [-0.4, -0.2) is 53.4 Å². The van der Waals surface area contributed by atoms with E-state index in [2.05, 4.69) is 15.1 Å². The van der Waals surface area contributed by atoms with Crippen molar-refractivity contribution >= 4 is 11.0 Å². The minimum Gasteiger partial charge on any atom is -0.409 e. The number of fused-ring (bicyclic) bond motifs is 1. The topological polar surface area (TPSA) is 136 Å². The van der Waals surface area contributed by atoms with E-state index < -0.39 is 42.3 Å². The molecule has 28 heavy (non-hydrogen) atoms. The van der Waals surface area contributed by atoms with E-state index in [4.69, 9.17) is 9.94 Å². The highest BCUT2D eigenvalue weighted by Gasteiger charge is 2.47. The smallest absolute Gasteiger partial charge is 0.203 e. The summed E-state index contributed by atoms with van der Waals surface area (Å²) in [5.74, 6) is -2.23. The molecule has 1 aliphatic heterocycles. The van der Waals surface area contributed by atoms with E-state index in [-0.39, 0.29) is 11.1 Å². The number of aliphatic hydroxyl groups is 3. The van der Waals surface area contributed by atoms with E-state index in [1.54, 1.807) is 6.07 Å². The molecule has 0 unspecified atom stereocenters. The van der Waals surface area contributed by atoms with Gasteiger partial charge in [-0.25, -0.2) is 13.8 Å². The Bertz CT molecular complexity index is 1080. The number of ether oxygens (including phenoxy) is 1. The summed E-state index contributed by atoms with van der Waals surface area (Å²) in [7, 11) is 0. The average Bonchev–Trinajstić information content (AvgIpc) is 3.25. The Morgan fingerprint density at radius 3 is 2.68 bits per heavy atom. The Morgan fingerprint density at radius 2 is 1.96 bits per heavy atom. The van der Waals surface area contributed by atoms with Gasteiger partial charge in [0, 0.05) is 6.20 Å². The zero-order valence-corrected chi connectivity index (χ0v) is 14.1. The normalized spacial score (nSPS) is 26.8. The number of nitrogens with one attached hydrogen (secondary N) is 1. The molecule has 4 rings (SSSR count). The van der Waals surface area contributed by atoms with Gasteiger partial charge in [-0.05, 0) is 23.8 Å². The average molecular weight is 394 g/mol. The molecule has 0 radical (unpaired) electrons. The fourth-order valence-electron chi connectivity index (χ4n) is 3.36. The van der Waals surface area contributed by atoms with Gasteiger partial charge in [-0.3, -0.25) is 0 Å². The lowest BCUT2D eigenvalue weighted by atomic mass is 9.99. The second-order valence-electron chi connectivity index (χ2n) is 6.40. The lowest BCUT2D eigenvalue weighted by Crippen LogP contribution is -2.34. The molecule has 0 bridgehead atoms. The van der Waals surface area contributed by atoms with Gasteiger partial charge < -0.3 is 34.8 Å². The Morgan fingerprint density at radius 1 is 1.18 bits per heavy atom. The fraction of sp³-hybridized carbons (Fsp3) is 0.294. The van der Waals surface area contributed by atoms with Crippen molar-refractivity contribution in [2.75, 3.05) is 0 Å².